The fourth-order valence-electron chi connectivity index (χ4n) is 2.75. The molecule has 1 rings (SSSR count). The van der Waals surface area contributed by atoms with Crippen molar-refractivity contribution in [2.45, 2.75) is 50.5 Å². The Labute approximate surface area is 97.8 Å². The van der Waals surface area contributed by atoms with Crippen LogP contribution >= 0.6 is 0 Å². The van der Waals surface area contributed by atoms with Gasteiger partial charge < -0.3 is 15.7 Å². The van der Waals surface area contributed by atoms with E-state index < -0.39 is 5.97 Å². The van der Waals surface area contributed by atoms with Crippen molar-refractivity contribution in [3.8, 4) is 0 Å². The quantitative estimate of drug-likeness (QED) is 0.722. The Kier molecular flexibility index (Phi) is 5.22. The zero-order chi connectivity index (χ0) is 12.0. The van der Waals surface area contributed by atoms with Gasteiger partial charge in [0.1, 0.15) is 0 Å². The third-order valence-electron chi connectivity index (χ3n) is 3.77. The van der Waals surface area contributed by atoms with Crippen LogP contribution in [-0.2, 0) is 4.79 Å². The number of aliphatic carboxylic acids is 1. The summed E-state index contributed by atoms with van der Waals surface area (Å²) in [4.78, 5) is 13.2. The zero-order valence-corrected chi connectivity index (χ0v) is 10.2. The number of rotatable bonds is 6. The van der Waals surface area contributed by atoms with E-state index in [9.17, 15) is 4.79 Å². The largest absolute Gasteiger partial charge is 0.481 e. The van der Waals surface area contributed by atoms with Crippen LogP contribution < -0.4 is 5.73 Å². The Balaban J connectivity index is 2.64. The maximum absolute atomic E-state index is 11.0. The van der Waals surface area contributed by atoms with Gasteiger partial charge in [-0.05, 0) is 39.4 Å². The Hall–Kier alpha value is -0.610. The Bertz CT molecular complexity index is 225. The average molecular weight is 228 g/mol. The van der Waals surface area contributed by atoms with Crippen molar-refractivity contribution < 1.29 is 9.90 Å². The lowest BCUT2D eigenvalue weighted by Gasteiger charge is -2.44. The van der Waals surface area contributed by atoms with Crippen molar-refractivity contribution in [2.75, 3.05) is 20.1 Å². The molecule has 0 spiro atoms. The molecule has 0 aliphatic heterocycles. The van der Waals surface area contributed by atoms with Gasteiger partial charge in [-0.2, -0.15) is 0 Å². The molecule has 94 valence electrons. The summed E-state index contributed by atoms with van der Waals surface area (Å²) < 4.78 is 0. The molecule has 4 nitrogen and oxygen atoms in total. The number of hydrogen-bond acceptors (Lipinski definition) is 3. The van der Waals surface area contributed by atoms with E-state index >= 15 is 0 Å². The second kappa shape index (κ2) is 6.21. The summed E-state index contributed by atoms with van der Waals surface area (Å²) in [6.45, 7) is 1.58. The van der Waals surface area contributed by atoms with Crippen LogP contribution in [0.5, 0.6) is 0 Å². The first-order valence-electron chi connectivity index (χ1n) is 6.24. The van der Waals surface area contributed by atoms with E-state index in [-0.39, 0.29) is 12.0 Å². The number of carbonyl (C=O) groups is 1. The second-order valence-electron chi connectivity index (χ2n) is 4.92. The van der Waals surface area contributed by atoms with E-state index in [4.69, 9.17) is 10.8 Å². The van der Waals surface area contributed by atoms with Crippen molar-refractivity contribution in [3.05, 3.63) is 0 Å². The molecule has 4 heteroatoms. The van der Waals surface area contributed by atoms with Crippen LogP contribution in [0.15, 0.2) is 0 Å². The maximum atomic E-state index is 11.0. The van der Waals surface area contributed by atoms with Crippen LogP contribution in [0.1, 0.15) is 44.9 Å². The van der Waals surface area contributed by atoms with Crippen LogP contribution in [-0.4, -0.2) is 41.7 Å². The number of carboxylic acid groups (broad SMARTS) is 1. The summed E-state index contributed by atoms with van der Waals surface area (Å²) >= 11 is 0. The second-order valence-corrected chi connectivity index (χ2v) is 4.92. The summed E-state index contributed by atoms with van der Waals surface area (Å²) in [5, 5.41) is 9.05. The highest BCUT2D eigenvalue weighted by atomic mass is 16.4. The highest BCUT2D eigenvalue weighted by Gasteiger charge is 2.37. The van der Waals surface area contributed by atoms with E-state index in [0.717, 1.165) is 38.6 Å². The molecular weight excluding hydrogens is 204 g/mol. The van der Waals surface area contributed by atoms with Crippen LogP contribution in [0.2, 0.25) is 0 Å². The third kappa shape index (κ3) is 3.46. The van der Waals surface area contributed by atoms with Crippen LogP contribution in [0.3, 0.4) is 0 Å². The summed E-state index contributed by atoms with van der Waals surface area (Å²) in [6, 6.07) is 0. The molecule has 1 aliphatic carbocycles. The van der Waals surface area contributed by atoms with Crippen molar-refractivity contribution in [3.63, 3.8) is 0 Å². The van der Waals surface area contributed by atoms with Gasteiger partial charge in [-0.15, -0.1) is 0 Å². The highest BCUT2D eigenvalue weighted by molar-refractivity contribution is 5.68. The predicted molar refractivity (Wildman–Crippen MR) is 64.4 cm³/mol. The first-order chi connectivity index (χ1) is 7.60. The number of nitrogens with two attached hydrogens (primary N) is 1. The molecule has 1 saturated carbocycles. The lowest BCUT2D eigenvalue weighted by Crippen LogP contribution is -2.50. The van der Waals surface area contributed by atoms with Gasteiger partial charge in [0.2, 0.25) is 0 Å². The molecule has 0 aromatic heterocycles. The first-order valence-corrected chi connectivity index (χ1v) is 6.24. The van der Waals surface area contributed by atoms with Crippen molar-refractivity contribution in [1.29, 1.82) is 0 Å². The number of carboxylic acids is 1. The molecule has 0 amide bonds. The Morgan fingerprint density at radius 2 is 2.00 bits per heavy atom. The zero-order valence-electron chi connectivity index (χ0n) is 10.2. The molecule has 0 unspecified atom stereocenters. The van der Waals surface area contributed by atoms with Crippen LogP contribution in [0, 0.1) is 0 Å². The summed E-state index contributed by atoms with van der Waals surface area (Å²) in [6.07, 6.45) is 6.79. The molecule has 3 N–H and O–H groups in total. The summed E-state index contributed by atoms with van der Waals surface area (Å²) in [5.74, 6) is -0.679. The SMILES string of the molecule is CN(CCCN)C1(CC(=O)O)CCCCC1. The molecule has 0 radical (unpaired) electrons. The van der Waals surface area contributed by atoms with Gasteiger partial charge in [0.05, 0.1) is 6.42 Å². The topological polar surface area (TPSA) is 66.6 Å². The molecule has 16 heavy (non-hydrogen) atoms. The minimum absolute atomic E-state index is 0.112. The normalized spacial score (nSPS) is 19.9. The van der Waals surface area contributed by atoms with Gasteiger partial charge in [0.25, 0.3) is 0 Å². The Morgan fingerprint density at radius 3 is 2.50 bits per heavy atom. The Morgan fingerprint density at radius 1 is 1.38 bits per heavy atom. The fourth-order valence-corrected chi connectivity index (χ4v) is 2.75. The minimum atomic E-state index is -0.679. The predicted octanol–water partition coefficient (Wildman–Crippen LogP) is 1.44. The highest BCUT2D eigenvalue weighted by Crippen LogP contribution is 2.35. The lowest BCUT2D eigenvalue weighted by atomic mass is 9.78. The van der Waals surface area contributed by atoms with Gasteiger partial charge in [-0.3, -0.25) is 4.79 Å². The summed E-state index contributed by atoms with van der Waals surface area (Å²) in [5.41, 5.74) is 5.40. The molecular formula is C12H24N2O2. The molecule has 0 heterocycles. The van der Waals surface area contributed by atoms with Gasteiger partial charge in [-0.25, -0.2) is 0 Å². The maximum Gasteiger partial charge on any atom is 0.305 e. The molecule has 0 aromatic rings. The van der Waals surface area contributed by atoms with E-state index in [1.807, 2.05) is 7.05 Å². The van der Waals surface area contributed by atoms with Crippen LogP contribution in [0.4, 0.5) is 0 Å². The van der Waals surface area contributed by atoms with E-state index in [1.165, 1.54) is 6.42 Å². The van der Waals surface area contributed by atoms with Gasteiger partial charge in [-0.1, -0.05) is 19.3 Å². The monoisotopic (exact) mass is 228 g/mol. The smallest absolute Gasteiger partial charge is 0.305 e. The standard InChI is InChI=1S/C12H24N2O2/c1-14(9-5-8-13)12(10-11(15)16)6-3-2-4-7-12/h2-10,13H2,1H3,(H,15,16). The van der Waals surface area contributed by atoms with E-state index in [1.54, 1.807) is 0 Å². The van der Waals surface area contributed by atoms with Crippen molar-refractivity contribution >= 4 is 5.97 Å². The molecule has 0 bridgehead atoms. The lowest BCUT2D eigenvalue weighted by molar-refractivity contribution is -0.141. The van der Waals surface area contributed by atoms with Crippen molar-refractivity contribution in [1.82, 2.24) is 4.90 Å². The van der Waals surface area contributed by atoms with Crippen molar-refractivity contribution in [2.24, 2.45) is 5.73 Å². The van der Waals surface area contributed by atoms with Gasteiger partial charge in [0, 0.05) is 5.54 Å². The van der Waals surface area contributed by atoms with Gasteiger partial charge in [0.15, 0.2) is 0 Å². The number of hydrogen-bond donors (Lipinski definition) is 2. The first kappa shape index (κ1) is 13.5. The average Bonchev–Trinajstić information content (AvgIpc) is 2.26. The van der Waals surface area contributed by atoms with Crippen LogP contribution in [0.25, 0.3) is 0 Å². The van der Waals surface area contributed by atoms with Gasteiger partial charge >= 0.3 is 5.97 Å². The third-order valence-corrected chi connectivity index (χ3v) is 3.77. The number of nitrogens with zero attached hydrogens (tertiary/aromatic N) is 1. The van der Waals surface area contributed by atoms with E-state index in [2.05, 4.69) is 4.90 Å². The minimum Gasteiger partial charge on any atom is -0.481 e. The molecule has 1 fully saturated rings. The molecule has 0 atom stereocenters. The van der Waals surface area contributed by atoms with E-state index in [0.29, 0.717) is 6.54 Å². The molecule has 0 aromatic carbocycles. The summed E-state index contributed by atoms with van der Waals surface area (Å²) in [7, 11) is 2.05. The molecule has 0 saturated heterocycles. The fraction of sp³-hybridized carbons (Fsp3) is 0.917. The molecule has 1 aliphatic rings.